The van der Waals surface area contributed by atoms with Gasteiger partial charge in [0.15, 0.2) is 0 Å². The van der Waals surface area contributed by atoms with Gasteiger partial charge in [0.2, 0.25) is 0 Å². The predicted molar refractivity (Wildman–Crippen MR) is 52.0 cm³/mol. The summed E-state index contributed by atoms with van der Waals surface area (Å²) in [5, 5.41) is 9.74. The molecule has 2 atom stereocenters. The standard InChI is InChI=1S/C11H20O/c1-3-9-7-5-6-8-10(9)11(12)4-2/h3,10-12H,4-8H2,1-2H3/b9-3-. The van der Waals surface area contributed by atoms with E-state index in [0.717, 1.165) is 6.42 Å². The highest BCUT2D eigenvalue weighted by molar-refractivity contribution is 5.09. The van der Waals surface area contributed by atoms with E-state index in [1.54, 1.807) is 0 Å². The highest BCUT2D eigenvalue weighted by Gasteiger charge is 2.23. The molecule has 0 amide bonds. The summed E-state index contributed by atoms with van der Waals surface area (Å²) in [4.78, 5) is 0. The monoisotopic (exact) mass is 168 g/mol. The van der Waals surface area contributed by atoms with Gasteiger partial charge in [-0.15, -0.1) is 0 Å². The van der Waals surface area contributed by atoms with E-state index in [-0.39, 0.29) is 6.10 Å². The van der Waals surface area contributed by atoms with Crippen molar-refractivity contribution >= 4 is 0 Å². The highest BCUT2D eigenvalue weighted by Crippen LogP contribution is 2.32. The second kappa shape index (κ2) is 4.66. The van der Waals surface area contributed by atoms with Gasteiger partial charge in [-0.3, -0.25) is 0 Å². The fraction of sp³-hybridized carbons (Fsp3) is 0.818. The van der Waals surface area contributed by atoms with E-state index in [0.29, 0.717) is 5.92 Å². The third-order valence-corrected chi connectivity index (χ3v) is 2.96. The molecule has 0 aromatic rings. The van der Waals surface area contributed by atoms with Crippen LogP contribution in [0.3, 0.4) is 0 Å². The Labute approximate surface area is 75.5 Å². The Morgan fingerprint density at radius 2 is 2.33 bits per heavy atom. The summed E-state index contributed by atoms with van der Waals surface area (Å²) in [6, 6.07) is 0. The second-order valence-corrected chi connectivity index (χ2v) is 3.69. The Balaban J connectivity index is 2.59. The van der Waals surface area contributed by atoms with Crippen molar-refractivity contribution < 1.29 is 5.11 Å². The van der Waals surface area contributed by atoms with Gasteiger partial charge in [0, 0.05) is 5.92 Å². The first-order valence-electron chi connectivity index (χ1n) is 5.12. The van der Waals surface area contributed by atoms with Gasteiger partial charge < -0.3 is 5.11 Å². The maximum Gasteiger partial charge on any atom is 0.0602 e. The molecule has 70 valence electrons. The van der Waals surface area contributed by atoms with E-state index in [9.17, 15) is 5.11 Å². The van der Waals surface area contributed by atoms with Crippen LogP contribution in [0, 0.1) is 5.92 Å². The SMILES string of the molecule is C/C=C1/CCCCC1C(O)CC. The van der Waals surface area contributed by atoms with Crippen molar-refractivity contribution in [1.82, 2.24) is 0 Å². The molecule has 1 aliphatic rings. The summed E-state index contributed by atoms with van der Waals surface area (Å²) in [5.41, 5.74) is 1.48. The molecule has 0 saturated heterocycles. The summed E-state index contributed by atoms with van der Waals surface area (Å²) in [7, 11) is 0. The molecule has 12 heavy (non-hydrogen) atoms. The van der Waals surface area contributed by atoms with Crippen molar-refractivity contribution in [2.75, 3.05) is 0 Å². The van der Waals surface area contributed by atoms with Crippen LogP contribution in [-0.2, 0) is 0 Å². The minimum absolute atomic E-state index is 0.100. The Morgan fingerprint density at radius 1 is 1.58 bits per heavy atom. The lowest BCUT2D eigenvalue weighted by molar-refractivity contribution is 0.107. The lowest BCUT2D eigenvalue weighted by atomic mass is 9.80. The molecule has 0 aromatic carbocycles. The number of allylic oxidation sites excluding steroid dienone is 1. The molecule has 1 N–H and O–H groups in total. The zero-order chi connectivity index (χ0) is 8.97. The number of aliphatic hydroxyl groups is 1. The van der Waals surface area contributed by atoms with Gasteiger partial charge in [-0.05, 0) is 32.6 Å². The van der Waals surface area contributed by atoms with Gasteiger partial charge in [0.25, 0.3) is 0 Å². The summed E-state index contributed by atoms with van der Waals surface area (Å²) in [6.45, 7) is 4.16. The van der Waals surface area contributed by atoms with Crippen LogP contribution < -0.4 is 0 Å². The van der Waals surface area contributed by atoms with Crippen LogP contribution in [0.15, 0.2) is 11.6 Å². The van der Waals surface area contributed by atoms with Gasteiger partial charge in [0.1, 0.15) is 0 Å². The molecule has 0 aromatic heterocycles. The van der Waals surface area contributed by atoms with E-state index in [1.807, 2.05) is 0 Å². The van der Waals surface area contributed by atoms with Crippen LogP contribution in [-0.4, -0.2) is 11.2 Å². The molecule has 0 bridgehead atoms. The average Bonchev–Trinajstić information content (AvgIpc) is 2.16. The Bertz CT molecular complexity index is 160. The molecule has 0 radical (unpaired) electrons. The number of rotatable bonds is 2. The number of hydrogen-bond donors (Lipinski definition) is 1. The van der Waals surface area contributed by atoms with Crippen molar-refractivity contribution in [1.29, 1.82) is 0 Å². The third-order valence-electron chi connectivity index (χ3n) is 2.96. The molecule has 0 spiro atoms. The fourth-order valence-corrected chi connectivity index (χ4v) is 2.15. The second-order valence-electron chi connectivity index (χ2n) is 3.69. The molecule has 1 rings (SSSR count). The third kappa shape index (κ3) is 2.10. The zero-order valence-electron chi connectivity index (χ0n) is 8.21. The van der Waals surface area contributed by atoms with Gasteiger partial charge in [-0.25, -0.2) is 0 Å². The zero-order valence-corrected chi connectivity index (χ0v) is 8.21. The maximum absolute atomic E-state index is 9.74. The molecule has 1 saturated carbocycles. The van der Waals surface area contributed by atoms with Crippen molar-refractivity contribution in [3.63, 3.8) is 0 Å². The van der Waals surface area contributed by atoms with Crippen molar-refractivity contribution in [3.05, 3.63) is 11.6 Å². The summed E-state index contributed by atoms with van der Waals surface area (Å²) in [5.74, 6) is 0.466. The first kappa shape index (κ1) is 9.79. The van der Waals surface area contributed by atoms with Crippen LogP contribution >= 0.6 is 0 Å². The van der Waals surface area contributed by atoms with Gasteiger partial charge in [0.05, 0.1) is 6.10 Å². The van der Waals surface area contributed by atoms with Crippen molar-refractivity contribution in [2.45, 2.75) is 52.1 Å². The fourth-order valence-electron chi connectivity index (χ4n) is 2.15. The quantitative estimate of drug-likeness (QED) is 0.629. The van der Waals surface area contributed by atoms with Crippen LogP contribution in [0.1, 0.15) is 46.0 Å². The minimum atomic E-state index is -0.100. The van der Waals surface area contributed by atoms with Crippen molar-refractivity contribution in [2.24, 2.45) is 5.92 Å². The Morgan fingerprint density at radius 3 is 2.92 bits per heavy atom. The van der Waals surface area contributed by atoms with E-state index in [1.165, 1.54) is 31.3 Å². The summed E-state index contributed by atoms with van der Waals surface area (Å²) in [6.07, 6.45) is 7.99. The van der Waals surface area contributed by atoms with Gasteiger partial charge in [-0.1, -0.05) is 25.0 Å². The minimum Gasteiger partial charge on any atom is -0.393 e. The van der Waals surface area contributed by atoms with Crippen LogP contribution in [0.4, 0.5) is 0 Å². The van der Waals surface area contributed by atoms with Gasteiger partial charge in [-0.2, -0.15) is 0 Å². The highest BCUT2D eigenvalue weighted by atomic mass is 16.3. The maximum atomic E-state index is 9.74. The molecule has 0 aliphatic heterocycles. The lowest BCUT2D eigenvalue weighted by Gasteiger charge is -2.28. The molecule has 1 nitrogen and oxygen atoms in total. The van der Waals surface area contributed by atoms with Crippen LogP contribution in [0.25, 0.3) is 0 Å². The predicted octanol–water partition coefficient (Wildman–Crippen LogP) is 2.89. The summed E-state index contributed by atoms with van der Waals surface area (Å²) < 4.78 is 0. The molecule has 1 heteroatoms. The Kier molecular flexibility index (Phi) is 3.80. The Hall–Kier alpha value is -0.300. The summed E-state index contributed by atoms with van der Waals surface area (Å²) >= 11 is 0. The topological polar surface area (TPSA) is 20.2 Å². The van der Waals surface area contributed by atoms with Gasteiger partial charge >= 0.3 is 0 Å². The molecular formula is C11H20O. The molecule has 0 heterocycles. The van der Waals surface area contributed by atoms with E-state index in [4.69, 9.17) is 0 Å². The lowest BCUT2D eigenvalue weighted by Crippen LogP contribution is -2.24. The normalized spacial score (nSPS) is 30.6. The van der Waals surface area contributed by atoms with Crippen molar-refractivity contribution in [3.8, 4) is 0 Å². The largest absolute Gasteiger partial charge is 0.393 e. The molecule has 2 unspecified atom stereocenters. The molecule has 1 aliphatic carbocycles. The van der Waals surface area contributed by atoms with Crippen LogP contribution in [0.2, 0.25) is 0 Å². The number of hydrogen-bond acceptors (Lipinski definition) is 1. The van der Waals surface area contributed by atoms with E-state index < -0.39 is 0 Å². The average molecular weight is 168 g/mol. The first-order chi connectivity index (χ1) is 5.79. The molecular weight excluding hydrogens is 148 g/mol. The first-order valence-corrected chi connectivity index (χ1v) is 5.12. The number of aliphatic hydroxyl groups excluding tert-OH is 1. The van der Waals surface area contributed by atoms with Crippen LogP contribution in [0.5, 0.6) is 0 Å². The van der Waals surface area contributed by atoms with E-state index in [2.05, 4.69) is 19.9 Å². The molecule has 1 fully saturated rings. The van der Waals surface area contributed by atoms with E-state index >= 15 is 0 Å². The smallest absolute Gasteiger partial charge is 0.0602 e.